The summed E-state index contributed by atoms with van der Waals surface area (Å²) in [6.07, 6.45) is 2.05. The number of likely N-dealkylation sites (tertiary alicyclic amines) is 1. The first-order valence-corrected chi connectivity index (χ1v) is 2.86. The number of aldehydes is 1. The van der Waals surface area contributed by atoms with Gasteiger partial charge < -0.3 is 4.79 Å². The van der Waals surface area contributed by atoms with Gasteiger partial charge in [0.05, 0.1) is 5.54 Å². The predicted octanol–water partition coefficient (Wildman–Crippen LogP) is 0.280. The summed E-state index contributed by atoms with van der Waals surface area (Å²) in [5, 5.41) is 0. The van der Waals surface area contributed by atoms with Crippen LogP contribution >= 0.6 is 0 Å². The predicted molar refractivity (Wildman–Crippen MR) is 31.7 cm³/mol. The lowest BCUT2D eigenvalue weighted by atomic mass is 9.89. The number of hydrogen-bond donors (Lipinski definition) is 0. The van der Waals surface area contributed by atoms with E-state index in [-0.39, 0.29) is 5.54 Å². The van der Waals surface area contributed by atoms with Gasteiger partial charge in [-0.1, -0.05) is 0 Å². The van der Waals surface area contributed by atoms with Gasteiger partial charge in [-0.05, 0) is 20.4 Å². The average Bonchev–Trinajstić information content (AvgIpc) is 1.83. The van der Waals surface area contributed by atoms with Gasteiger partial charge >= 0.3 is 0 Å². The van der Waals surface area contributed by atoms with Crippen molar-refractivity contribution in [3.05, 3.63) is 0 Å². The first kappa shape index (κ1) is 5.76. The molecule has 2 nitrogen and oxygen atoms in total. The molecule has 46 valence electrons. The second kappa shape index (κ2) is 1.55. The number of hydrogen-bond acceptors (Lipinski definition) is 2. The second-order valence-electron chi connectivity index (χ2n) is 2.65. The van der Waals surface area contributed by atoms with Crippen LogP contribution in [0, 0.1) is 0 Å². The van der Waals surface area contributed by atoms with Crippen LogP contribution in [0.5, 0.6) is 0 Å². The molecule has 0 aromatic rings. The van der Waals surface area contributed by atoms with Crippen LogP contribution < -0.4 is 0 Å². The molecule has 1 rings (SSSR count). The van der Waals surface area contributed by atoms with E-state index < -0.39 is 0 Å². The zero-order chi connectivity index (χ0) is 6.20. The van der Waals surface area contributed by atoms with Crippen molar-refractivity contribution in [2.75, 3.05) is 13.6 Å². The van der Waals surface area contributed by atoms with Crippen LogP contribution in [0.2, 0.25) is 0 Å². The quantitative estimate of drug-likeness (QED) is 0.455. The van der Waals surface area contributed by atoms with Crippen molar-refractivity contribution in [1.82, 2.24) is 4.90 Å². The Bertz CT molecular complexity index is 113. The summed E-state index contributed by atoms with van der Waals surface area (Å²) in [7, 11) is 1.97. The molecule has 1 atom stereocenters. The molecule has 0 N–H and O–H groups in total. The van der Waals surface area contributed by atoms with E-state index in [0.29, 0.717) is 0 Å². The topological polar surface area (TPSA) is 20.3 Å². The van der Waals surface area contributed by atoms with Crippen LogP contribution in [0.15, 0.2) is 0 Å². The summed E-state index contributed by atoms with van der Waals surface area (Å²) < 4.78 is 0. The van der Waals surface area contributed by atoms with Crippen LogP contribution in [-0.2, 0) is 4.79 Å². The minimum atomic E-state index is -0.125. The molecule has 1 fully saturated rings. The van der Waals surface area contributed by atoms with Crippen LogP contribution in [0.1, 0.15) is 13.3 Å². The highest BCUT2D eigenvalue weighted by atomic mass is 16.1. The van der Waals surface area contributed by atoms with Gasteiger partial charge in [0.25, 0.3) is 0 Å². The summed E-state index contributed by atoms with van der Waals surface area (Å²) in [5.41, 5.74) is -0.125. The molecular formula is C6H11NO. The monoisotopic (exact) mass is 113 g/mol. The zero-order valence-electron chi connectivity index (χ0n) is 5.35. The minimum Gasteiger partial charge on any atom is -0.301 e. The fourth-order valence-electron chi connectivity index (χ4n) is 0.837. The lowest BCUT2D eigenvalue weighted by Crippen LogP contribution is -2.56. The lowest BCUT2D eigenvalue weighted by Gasteiger charge is -2.44. The van der Waals surface area contributed by atoms with E-state index in [2.05, 4.69) is 4.90 Å². The molecule has 0 saturated carbocycles. The fraction of sp³-hybridized carbons (Fsp3) is 0.833. The molecule has 0 spiro atoms. The number of carbonyl (C=O) groups is 1. The van der Waals surface area contributed by atoms with Gasteiger partial charge in [-0.15, -0.1) is 0 Å². The van der Waals surface area contributed by atoms with Crippen molar-refractivity contribution in [2.24, 2.45) is 0 Å². The molecule has 1 heterocycles. The number of carbonyl (C=O) groups excluding carboxylic acids is 1. The summed E-state index contributed by atoms with van der Waals surface area (Å²) in [6.45, 7) is 3.03. The normalized spacial score (nSPS) is 38.8. The minimum absolute atomic E-state index is 0.125. The SMILES string of the molecule is CN1CCC1(C)C=O. The van der Waals surface area contributed by atoms with Gasteiger partial charge in [0, 0.05) is 6.54 Å². The number of rotatable bonds is 1. The van der Waals surface area contributed by atoms with Crippen molar-refractivity contribution < 1.29 is 4.79 Å². The average molecular weight is 113 g/mol. The molecule has 1 aliphatic rings. The first-order valence-electron chi connectivity index (χ1n) is 2.86. The largest absolute Gasteiger partial charge is 0.301 e. The highest BCUT2D eigenvalue weighted by Crippen LogP contribution is 2.24. The van der Waals surface area contributed by atoms with Gasteiger partial charge in [-0.25, -0.2) is 0 Å². The van der Waals surface area contributed by atoms with Gasteiger partial charge in [0.1, 0.15) is 6.29 Å². The maximum atomic E-state index is 10.3. The Labute approximate surface area is 49.5 Å². The summed E-state index contributed by atoms with van der Waals surface area (Å²) in [4.78, 5) is 12.3. The van der Waals surface area contributed by atoms with Crippen molar-refractivity contribution in [2.45, 2.75) is 18.9 Å². The molecule has 2 heteroatoms. The number of nitrogens with zero attached hydrogens (tertiary/aromatic N) is 1. The van der Waals surface area contributed by atoms with E-state index >= 15 is 0 Å². The molecule has 0 amide bonds. The standard InChI is InChI=1S/C6H11NO/c1-6(5-8)3-4-7(6)2/h5H,3-4H2,1-2H3. The van der Waals surface area contributed by atoms with E-state index in [1.54, 1.807) is 0 Å². The highest BCUT2D eigenvalue weighted by Gasteiger charge is 2.36. The fourth-order valence-corrected chi connectivity index (χ4v) is 0.837. The molecule has 0 aromatic carbocycles. The Morgan fingerprint density at radius 2 is 2.38 bits per heavy atom. The van der Waals surface area contributed by atoms with Crippen LogP contribution in [0.4, 0.5) is 0 Å². The smallest absolute Gasteiger partial charge is 0.140 e. The molecule has 1 saturated heterocycles. The van der Waals surface area contributed by atoms with Crippen molar-refractivity contribution in [3.8, 4) is 0 Å². The Kier molecular flexibility index (Phi) is 1.12. The molecule has 0 radical (unpaired) electrons. The number of likely N-dealkylation sites (N-methyl/N-ethyl adjacent to an activating group) is 1. The molecule has 1 aliphatic heterocycles. The third kappa shape index (κ3) is 0.564. The lowest BCUT2D eigenvalue weighted by molar-refractivity contribution is -0.123. The van der Waals surface area contributed by atoms with Gasteiger partial charge in [0.2, 0.25) is 0 Å². The van der Waals surface area contributed by atoms with Crippen molar-refractivity contribution >= 4 is 6.29 Å². The Morgan fingerprint density at radius 1 is 1.75 bits per heavy atom. The highest BCUT2D eigenvalue weighted by molar-refractivity contribution is 5.65. The van der Waals surface area contributed by atoms with Crippen LogP contribution in [-0.4, -0.2) is 30.3 Å². The third-order valence-corrected chi connectivity index (χ3v) is 2.08. The van der Waals surface area contributed by atoms with E-state index in [0.717, 1.165) is 19.3 Å². The Morgan fingerprint density at radius 3 is 2.38 bits per heavy atom. The van der Waals surface area contributed by atoms with Crippen molar-refractivity contribution in [1.29, 1.82) is 0 Å². The molecule has 8 heavy (non-hydrogen) atoms. The maximum absolute atomic E-state index is 10.3. The molecule has 0 bridgehead atoms. The van der Waals surface area contributed by atoms with E-state index in [9.17, 15) is 4.79 Å². The van der Waals surface area contributed by atoms with E-state index in [1.807, 2.05) is 14.0 Å². The Hall–Kier alpha value is -0.370. The zero-order valence-corrected chi connectivity index (χ0v) is 5.35. The molecular weight excluding hydrogens is 102 g/mol. The summed E-state index contributed by atoms with van der Waals surface area (Å²) >= 11 is 0. The van der Waals surface area contributed by atoms with Gasteiger partial charge in [0.15, 0.2) is 0 Å². The van der Waals surface area contributed by atoms with Gasteiger partial charge in [-0.3, -0.25) is 4.90 Å². The van der Waals surface area contributed by atoms with Crippen LogP contribution in [0.3, 0.4) is 0 Å². The molecule has 0 aliphatic carbocycles. The molecule has 0 aromatic heterocycles. The van der Waals surface area contributed by atoms with E-state index in [1.165, 1.54) is 0 Å². The summed E-state index contributed by atoms with van der Waals surface area (Å²) in [5.74, 6) is 0. The third-order valence-electron chi connectivity index (χ3n) is 2.08. The molecule has 1 unspecified atom stereocenters. The maximum Gasteiger partial charge on any atom is 0.140 e. The van der Waals surface area contributed by atoms with E-state index in [4.69, 9.17) is 0 Å². The Balaban J connectivity index is 2.54. The van der Waals surface area contributed by atoms with Gasteiger partial charge in [-0.2, -0.15) is 0 Å². The first-order chi connectivity index (χ1) is 3.69. The van der Waals surface area contributed by atoms with Crippen LogP contribution in [0.25, 0.3) is 0 Å². The second-order valence-corrected chi connectivity index (χ2v) is 2.65. The summed E-state index contributed by atoms with van der Waals surface area (Å²) in [6, 6.07) is 0. The van der Waals surface area contributed by atoms with Crippen molar-refractivity contribution in [3.63, 3.8) is 0 Å².